The highest BCUT2D eigenvalue weighted by Gasteiger charge is 2.30. The molecule has 0 fully saturated rings. The van der Waals surface area contributed by atoms with Crippen molar-refractivity contribution >= 4 is 46.2 Å². The number of hydrogen-bond acceptors (Lipinski definition) is 6. The summed E-state index contributed by atoms with van der Waals surface area (Å²) in [6, 6.07) is 45.5. The smallest absolute Gasteiger partial charge is 0.338 e. The van der Waals surface area contributed by atoms with Crippen LogP contribution in [0.3, 0.4) is 0 Å². The Morgan fingerprint density at radius 2 is 0.703 bits per heavy atom. The molecule has 64 heavy (non-hydrogen) atoms. The summed E-state index contributed by atoms with van der Waals surface area (Å²) in [5, 5.41) is 0. The third-order valence-corrected chi connectivity index (χ3v) is 12.1. The summed E-state index contributed by atoms with van der Waals surface area (Å²) in [6.07, 6.45) is 4.20. The number of H-pyrrole nitrogens is 2. The van der Waals surface area contributed by atoms with Crippen molar-refractivity contribution in [1.29, 1.82) is 0 Å². The van der Waals surface area contributed by atoms with E-state index >= 15 is 0 Å². The van der Waals surface area contributed by atoms with Gasteiger partial charge in [0.2, 0.25) is 0 Å². The molecule has 0 unspecified atom stereocenters. The molecule has 2 aliphatic rings. The van der Waals surface area contributed by atoms with Crippen molar-refractivity contribution in [1.82, 2.24) is 19.9 Å². The zero-order valence-electron chi connectivity index (χ0n) is 36.4. The maximum atomic E-state index is 13.6. The van der Waals surface area contributed by atoms with Crippen LogP contribution in [0.2, 0.25) is 0 Å². The normalized spacial score (nSPS) is 11.7. The molecule has 8 bridgehead atoms. The minimum atomic E-state index is -0.664. The molecule has 5 aromatic carbocycles. The van der Waals surface area contributed by atoms with Crippen molar-refractivity contribution in [3.8, 4) is 67.0 Å². The first kappa shape index (κ1) is 40.0. The molecule has 2 aliphatic heterocycles. The lowest BCUT2D eigenvalue weighted by Crippen LogP contribution is -2.12. The molecule has 5 heterocycles. The molecule has 0 spiro atoms. The number of fused-ring (bicyclic) bond motifs is 11. The summed E-state index contributed by atoms with van der Waals surface area (Å²) in [7, 11) is 2.61. The molecule has 8 nitrogen and oxygen atoms in total. The zero-order chi connectivity index (χ0) is 44.2. The Labute approximate surface area is 371 Å². The molecular weight excluding hydrogens is 793 g/mol. The number of ether oxygens (including phenoxy) is 2. The molecule has 0 radical (unpaired) electrons. The number of benzene rings is 5. The highest BCUT2D eigenvalue weighted by atomic mass is 16.5. The molecular formula is C56H44N4O4. The summed E-state index contributed by atoms with van der Waals surface area (Å²) < 4.78 is 10.6. The number of aromatic nitrogens is 4. The van der Waals surface area contributed by atoms with Crippen molar-refractivity contribution in [2.45, 2.75) is 27.7 Å². The molecule has 0 atom stereocenters. The molecule has 312 valence electrons. The number of aromatic amines is 2. The van der Waals surface area contributed by atoms with E-state index in [9.17, 15) is 9.59 Å². The van der Waals surface area contributed by atoms with Crippen LogP contribution in [0.1, 0.15) is 54.4 Å². The number of rotatable bonds is 6. The Hall–Kier alpha value is -8.10. The van der Waals surface area contributed by atoms with Crippen molar-refractivity contribution in [3.05, 3.63) is 178 Å². The van der Waals surface area contributed by atoms with Gasteiger partial charge >= 0.3 is 11.9 Å². The molecule has 0 aliphatic carbocycles. The fourth-order valence-corrected chi connectivity index (χ4v) is 8.78. The average Bonchev–Trinajstić information content (AvgIpc) is 4.15. The fourth-order valence-electron chi connectivity index (χ4n) is 8.78. The SMILES string of the molecule is COC(=O)c1cc2c(cc1C(=O)OC)-c1nc-2c(-c2ccc(C)cc2)c2ccc([nH]2)c(-c2ccc(C)cc2)c2nc(c(-c3ccc(C)cc3)c3ccc([nH]3)c1-c1ccc(C)cc1)C=C2. The second kappa shape index (κ2) is 16.0. The average molecular weight is 837 g/mol. The van der Waals surface area contributed by atoms with E-state index in [1.54, 1.807) is 12.1 Å². The first-order chi connectivity index (χ1) is 31.1. The van der Waals surface area contributed by atoms with Gasteiger partial charge in [-0.05, 0) is 98.5 Å². The minimum absolute atomic E-state index is 0.0765. The molecule has 0 saturated heterocycles. The highest BCUT2D eigenvalue weighted by molar-refractivity contribution is 6.11. The lowest BCUT2D eigenvalue weighted by molar-refractivity contribution is 0.0555. The molecule has 2 N–H and O–H groups in total. The second-order valence-electron chi connectivity index (χ2n) is 16.5. The van der Waals surface area contributed by atoms with Gasteiger partial charge in [0.15, 0.2) is 0 Å². The van der Waals surface area contributed by atoms with Gasteiger partial charge in [0.05, 0.1) is 48.1 Å². The van der Waals surface area contributed by atoms with Crippen LogP contribution in [-0.2, 0) is 9.47 Å². The van der Waals surface area contributed by atoms with Crippen molar-refractivity contribution in [2.75, 3.05) is 14.2 Å². The predicted molar refractivity (Wildman–Crippen MR) is 258 cm³/mol. The molecule has 8 aromatic rings. The number of carbonyl (C=O) groups is 2. The number of nitrogens with zero attached hydrogens (tertiary/aromatic N) is 2. The number of esters is 2. The van der Waals surface area contributed by atoms with Crippen molar-refractivity contribution in [3.63, 3.8) is 0 Å². The zero-order valence-corrected chi connectivity index (χ0v) is 36.4. The van der Waals surface area contributed by atoms with Gasteiger partial charge in [0.25, 0.3) is 0 Å². The molecule has 0 saturated carbocycles. The van der Waals surface area contributed by atoms with Gasteiger partial charge in [0.1, 0.15) is 0 Å². The van der Waals surface area contributed by atoms with E-state index in [0.29, 0.717) is 22.5 Å². The van der Waals surface area contributed by atoms with E-state index < -0.39 is 11.9 Å². The first-order valence-electron chi connectivity index (χ1n) is 21.2. The number of methoxy groups -OCH3 is 2. The summed E-state index contributed by atoms with van der Waals surface area (Å²) in [5.41, 5.74) is 19.5. The maximum absolute atomic E-state index is 13.6. The molecule has 0 amide bonds. The number of carbonyl (C=O) groups excluding carboxylic acids is 2. The van der Waals surface area contributed by atoms with E-state index in [1.807, 2.05) is 0 Å². The van der Waals surface area contributed by atoms with Gasteiger partial charge in [0, 0.05) is 55.4 Å². The quantitative estimate of drug-likeness (QED) is 0.161. The Bertz CT molecular complexity index is 3170. The van der Waals surface area contributed by atoms with Crippen LogP contribution in [0.5, 0.6) is 0 Å². The van der Waals surface area contributed by atoms with E-state index in [4.69, 9.17) is 19.4 Å². The van der Waals surface area contributed by atoms with Crippen LogP contribution >= 0.6 is 0 Å². The minimum Gasteiger partial charge on any atom is -0.465 e. The summed E-state index contributed by atoms with van der Waals surface area (Å²) in [5.74, 6) is -1.33. The van der Waals surface area contributed by atoms with Crippen LogP contribution < -0.4 is 0 Å². The van der Waals surface area contributed by atoms with Gasteiger partial charge in [-0.15, -0.1) is 0 Å². The lowest BCUT2D eigenvalue weighted by atomic mass is 9.91. The topological polar surface area (TPSA) is 110 Å². The van der Waals surface area contributed by atoms with E-state index in [2.05, 4.69) is 171 Å². The summed E-state index contributed by atoms with van der Waals surface area (Å²) in [4.78, 5) is 46.0. The van der Waals surface area contributed by atoms with Gasteiger partial charge in [-0.25, -0.2) is 19.6 Å². The number of hydrogen-bond donors (Lipinski definition) is 2. The largest absolute Gasteiger partial charge is 0.465 e. The highest BCUT2D eigenvalue weighted by Crippen LogP contribution is 2.48. The van der Waals surface area contributed by atoms with Crippen LogP contribution in [0.25, 0.3) is 101 Å². The van der Waals surface area contributed by atoms with Crippen LogP contribution in [0, 0.1) is 27.7 Å². The molecule has 10 rings (SSSR count). The Balaban J connectivity index is 1.46. The third kappa shape index (κ3) is 6.99. The number of nitrogens with one attached hydrogen (secondary N) is 2. The fraction of sp³-hybridized carbons (Fsp3) is 0.107. The second-order valence-corrected chi connectivity index (χ2v) is 16.5. The Morgan fingerprint density at radius 1 is 0.406 bits per heavy atom. The summed E-state index contributed by atoms with van der Waals surface area (Å²) >= 11 is 0. The van der Waals surface area contributed by atoms with Crippen LogP contribution in [0.4, 0.5) is 0 Å². The molecule has 3 aromatic heterocycles. The van der Waals surface area contributed by atoms with Crippen molar-refractivity contribution in [2.24, 2.45) is 0 Å². The van der Waals surface area contributed by atoms with E-state index in [1.165, 1.54) is 14.2 Å². The van der Waals surface area contributed by atoms with E-state index in [-0.39, 0.29) is 11.1 Å². The third-order valence-electron chi connectivity index (χ3n) is 12.1. The van der Waals surface area contributed by atoms with Gasteiger partial charge < -0.3 is 19.4 Å². The van der Waals surface area contributed by atoms with E-state index in [0.717, 1.165) is 100 Å². The van der Waals surface area contributed by atoms with Crippen molar-refractivity contribution < 1.29 is 19.1 Å². The Morgan fingerprint density at radius 3 is 1.02 bits per heavy atom. The predicted octanol–water partition coefficient (Wildman–Crippen LogP) is 13.3. The monoisotopic (exact) mass is 836 g/mol. The van der Waals surface area contributed by atoms with Gasteiger partial charge in [-0.3, -0.25) is 0 Å². The van der Waals surface area contributed by atoms with Gasteiger partial charge in [-0.1, -0.05) is 119 Å². The number of aryl methyl sites for hydroxylation is 4. The van der Waals surface area contributed by atoms with Gasteiger partial charge in [-0.2, -0.15) is 0 Å². The van der Waals surface area contributed by atoms with Crippen LogP contribution in [0.15, 0.2) is 133 Å². The first-order valence-corrected chi connectivity index (χ1v) is 21.2. The summed E-state index contributed by atoms with van der Waals surface area (Å²) in [6.45, 7) is 8.29. The molecule has 8 heteroatoms. The van der Waals surface area contributed by atoms with Crippen LogP contribution in [-0.4, -0.2) is 46.1 Å². The standard InChI is InChI=1S/C56H44N4O4/c1-31-7-15-35(16-8-31)49-43-23-24-44(57-43)50(36-17-9-32(2)10-18-36)46-26-28-48(59-46)52(38-21-13-34(4)14-22-38)54-40-30-42(56(62)64-6)41(55(61)63-5)29-39(40)53(60-54)51(47-27-25-45(49)58-47)37-19-11-33(3)12-20-37/h7-30,58-59H,1-6H3. The lowest BCUT2D eigenvalue weighted by Gasteiger charge is -2.12. The Kier molecular flexibility index (Phi) is 9.99. The maximum Gasteiger partial charge on any atom is 0.338 e.